The monoisotopic (exact) mass is 209 g/mol. The van der Waals surface area contributed by atoms with Crippen molar-refractivity contribution in [2.75, 3.05) is 0 Å². The molecule has 1 aromatic heterocycles. The standard InChI is InChI=1S/C11H10ClS/c1-8-6-9(7-12)10-4-2-3-5-11(10)13-8/h2-6H,7H2,1H3/q+1. The zero-order valence-corrected chi connectivity index (χ0v) is 8.95. The molecule has 2 heteroatoms. The Kier molecular flexibility index (Phi) is 2.47. The summed E-state index contributed by atoms with van der Waals surface area (Å²) < 4.78 is 1.32. The predicted molar refractivity (Wildman–Crippen MR) is 60.5 cm³/mol. The summed E-state index contributed by atoms with van der Waals surface area (Å²) in [6.07, 6.45) is 0. The molecule has 0 aliphatic rings. The summed E-state index contributed by atoms with van der Waals surface area (Å²) in [7, 11) is 0. The Morgan fingerprint density at radius 2 is 2.08 bits per heavy atom. The van der Waals surface area contributed by atoms with Crippen molar-refractivity contribution in [3.05, 3.63) is 40.8 Å². The summed E-state index contributed by atoms with van der Waals surface area (Å²) in [6.45, 7) is 2.12. The molecule has 0 atom stereocenters. The zero-order chi connectivity index (χ0) is 9.26. The Morgan fingerprint density at radius 1 is 1.31 bits per heavy atom. The minimum atomic E-state index is 0.592. The number of halogens is 1. The molecule has 0 amide bonds. The maximum atomic E-state index is 5.88. The van der Waals surface area contributed by atoms with Crippen molar-refractivity contribution >= 4 is 33.0 Å². The molecule has 66 valence electrons. The number of alkyl halides is 1. The Labute approximate surface area is 86.8 Å². The molecule has 0 N–H and O–H groups in total. The van der Waals surface area contributed by atoms with E-state index in [9.17, 15) is 0 Å². The van der Waals surface area contributed by atoms with Gasteiger partial charge in [-0.1, -0.05) is 12.1 Å². The van der Waals surface area contributed by atoms with E-state index in [4.69, 9.17) is 11.6 Å². The molecule has 1 aromatic carbocycles. The Balaban J connectivity index is 2.81. The Hall–Kier alpha value is -0.660. The van der Waals surface area contributed by atoms with E-state index in [0.29, 0.717) is 5.88 Å². The summed E-state index contributed by atoms with van der Waals surface area (Å²) in [5.41, 5.74) is 1.23. The molecule has 0 saturated carbocycles. The second-order valence-electron chi connectivity index (χ2n) is 3.01. The third-order valence-electron chi connectivity index (χ3n) is 2.03. The summed E-state index contributed by atoms with van der Waals surface area (Å²) >= 11 is 7.70. The van der Waals surface area contributed by atoms with Crippen molar-refractivity contribution in [1.29, 1.82) is 0 Å². The second kappa shape index (κ2) is 3.60. The van der Waals surface area contributed by atoms with Gasteiger partial charge in [0.1, 0.15) is 0 Å². The average molecular weight is 210 g/mol. The molecule has 0 radical (unpaired) electrons. The predicted octanol–water partition coefficient (Wildman–Crippen LogP) is 4.23. The van der Waals surface area contributed by atoms with Gasteiger partial charge in [0.25, 0.3) is 0 Å². The van der Waals surface area contributed by atoms with E-state index in [0.717, 1.165) is 0 Å². The highest BCUT2D eigenvalue weighted by Crippen LogP contribution is 2.26. The van der Waals surface area contributed by atoms with Crippen LogP contribution in [0.3, 0.4) is 0 Å². The van der Waals surface area contributed by atoms with E-state index in [1.54, 1.807) is 0 Å². The van der Waals surface area contributed by atoms with Crippen molar-refractivity contribution in [2.45, 2.75) is 12.8 Å². The molecule has 0 aliphatic carbocycles. The first-order chi connectivity index (χ1) is 6.31. The van der Waals surface area contributed by atoms with Crippen molar-refractivity contribution in [2.24, 2.45) is 0 Å². The molecule has 2 aromatic rings. The molecule has 0 unspecified atom stereocenters. The first-order valence-corrected chi connectivity index (χ1v) is 5.53. The van der Waals surface area contributed by atoms with Crippen LogP contribution in [-0.2, 0) is 5.88 Å². The van der Waals surface area contributed by atoms with Crippen molar-refractivity contribution < 1.29 is 0 Å². The minimum Gasteiger partial charge on any atom is -0.122 e. The van der Waals surface area contributed by atoms with E-state index in [2.05, 4.69) is 37.3 Å². The van der Waals surface area contributed by atoms with Crippen molar-refractivity contribution in [1.82, 2.24) is 0 Å². The van der Waals surface area contributed by atoms with Gasteiger partial charge in [0.15, 0.2) is 0 Å². The highest BCUT2D eigenvalue weighted by atomic mass is 35.5. The van der Waals surface area contributed by atoms with Gasteiger partial charge in [-0.05, 0) is 11.6 Å². The summed E-state index contributed by atoms with van der Waals surface area (Å²) in [5.74, 6) is 0.592. The van der Waals surface area contributed by atoms with Crippen LogP contribution in [-0.4, -0.2) is 0 Å². The lowest BCUT2D eigenvalue weighted by atomic mass is 10.1. The molecule has 0 fully saturated rings. The molecule has 0 saturated heterocycles. The van der Waals surface area contributed by atoms with Crippen molar-refractivity contribution in [3.63, 3.8) is 0 Å². The molecule has 0 bridgehead atoms. The SMILES string of the molecule is Cc1cc(CCl)c2ccccc2[s+]1. The second-order valence-corrected chi connectivity index (χ2v) is 4.57. The van der Waals surface area contributed by atoms with E-state index >= 15 is 0 Å². The third-order valence-corrected chi connectivity index (χ3v) is 3.33. The third kappa shape index (κ3) is 1.67. The molecule has 0 aliphatic heterocycles. The topological polar surface area (TPSA) is 0 Å². The fraction of sp³-hybridized carbons (Fsp3) is 0.182. The lowest BCUT2D eigenvalue weighted by Crippen LogP contribution is -1.81. The number of fused-ring (bicyclic) bond motifs is 1. The van der Waals surface area contributed by atoms with Crippen LogP contribution >= 0.6 is 22.9 Å². The molecule has 13 heavy (non-hydrogen) atoms. The van der Waals surface area contributed by atoms with E-state index in [1.165, 1.54) is 20.5 Å². The van der Waals surface area contributed by atoms with E-state index in [1.807, 2.05) is 11.3 Å². The van der Waals surface area contributed by atoms with Crippen LogP contribution in [0.2, 0.25) is 0 Å². The van der Waals surface area contributed by atoms with Gasteiger partial charge in [-0.15, -0.1) is 11.6 Å². The van der Waals surface area contributed by atoms with Crippen LogP contribution in [0.15, 0.2) is 30.3 Å². The summed E-state index contributed by atoms with van der Waals surface area (Å²) in [4.78, 5) is 1.31. The summed E-state index contributed by atoms with van der Waals surface area (Å²) in [6, 6.07) is 10.6. The molecule has 1 heterocycles. The Morgan fingerprint density at radius 3 is 2.85 bits per heavy atom. The fourth-order valence-electron chi connectivity index (χ4n) is 1.46. The van der Waals surface area contributed by atoms with Gasteiger partial charge in [-0.25, -0.2) is 0 Å². The maximum absolute atomic E-state index is 5.88. The lowest BCUT2D eigenvalue weighted by Gasteiger charge is -1.96. The van der Waals surface area contributed by atoms with E-state index < -0.39 is 0 Å². The van der Waals surface area contributed by atoms with Crippen LogP contribution in [0.4, 0.5) is 0 Å². The van der Waals surface area contributed by atoms with E-state index in [-0.39, 0.29) is 0 Å². The number of benzene rings is 1. The van der Waals surface area contributed by atoms with Gasteiger partial charge in [-0.3, -0.25) is 0 Å². The largest absolute Gasteiger partial charge is 0.238 e. The van der Waals surface area contributed by atoms with Gasteiger partial charge >= 0.3 is 0 Å². The molecular formula is C11H10ClS+. The summed E-state index contributed by atoms with van der Waals surface area (Å²) in [5, 5.41) is 1.29. The average Bonchev–Trinajstić information content (AvgIpc) is 2.16. The number of hydrogen-bond acceptors (Lipinski definition) is 0. The highest BCUT2D eigenvalue weighted by Gasteiger charge is 2.10. The Bertz CT molecular complexity index is 437. The molecule has 0 nitrogen and oxygen atoms in total. The minimum absolute atomic E-state index is 0.592. The number of rotatable bonds is 1. The van der Waals surface area contributed by atoms with Gasteiger partial charge in [-0.2, -0.15) is 0 Å². The van der Waals surface area contributed by atoms with Gasteiger partial charge in [0.05, 0.1) is 0 Å². The van der Waals surface area contributed by atoms with Gasteiger partial charge < -0.3 is 0 Å². The van der Waals surface area contributed by atoms with Crippen LogP contribution in [0, 0.1) is 6.92 Å². The van der Waals surface area contributed by atoms with Crippen LogP contribution in [0.5, 0.6) is 0 Å². The maximum Gasteiger partial charge on any atom is 0.238 e. The first kappa shape index (κ1) is 8.92. The van der Waals surface area contributed by atoms with Crippen LogP contribution < -0.4 is 0 Å². The van der Waals surface area contributed by atoms with Crippen LogP contribution in [0.25, 0.3) is 10.1 Å². The fourth-order valence-corrected chi connectivity index (χ4v) is 2.68. The molecular weight excluding hydrogens is 200 g/mol. The normalized spacial score (nSPS) is 10.6. The van der Waals surface area contributed by atoms with Crippen molar-refractivity contribution in [3.8, 4) is 0 Å². The quantitative estimate of drug-likeness (QED) is 0.487. The highest BCUT2D eigenvalue weighted by molar-refractivity contribution is 7.18. The molecule has 2 rings (SSSR count). The zero-order valence-electron chi connectivity index (χ0n) is 7.38. The van der Waals surface area contributed by atoms with Crippen LogP contribution in [0.1, 0.15) is 10.4 Å². The molecule has 0 spiro atoms. The van der Waals surface area contributed by atoms with Gasteiger partial charge in [0, 0.05) is 30.3 Å². The number of aryl methyl sites for hydroxylation is 1. The van der Waals surface area contributed by atoms with Gasteiger partial charge in [0.2, 0.25) is 20.9 Å². The number of hydrogen-bond donors (Lipinski definition) is 0. The smallest absolute Gasteiger partial charge is 0.122 e. The first-order valence-electron chi connectivity index (χ1n) is 4.18. The lowest BCUT2D eigenvalue weighted by molar-refractivity contribution is 1.43.